The van der Waals surface area contributed by atoms with E-state index in [1.54, 1.807) is 42.5 Å². The molecule has 0 aromatic heterocycles. The highest BCUT2D eigenvalue weighted by Gasteiger charge is 2.12. The lowest BCUT2D eigenvalue weighted by Gasteiger charge is -2.11. The summed E-state index contributed by atoms with van der Waals surface area (Å²) in [6.45, 7) is 2.10. The predicted molar refractivity (Wildman–Crippen MR) is 110 cm³/mol. The Labute approximate surface area is 174 Å². The van der Waals surface area contributed by atoms with Gasteiger partial charge in [0.15, 0.2) is 18.1 Å². The van der Waals surface area contributed by atoms with Gasteiger partial charge in [-0.2, -0.15) is 5.26 Å². The highest BCUT2D eigenvalue weighted by atomic mass is 16.6. The van der Waals surface area contributed by atoms with E-state index in [4.69, 9.17) is 14.2 Å². The minimum atomic E-state index is -0.559. The standard InChI is InChI=1S/C22H22N2O6/c1-4-29-18-7-5-6-17(12-18)24-22(26)16(13-23)10-15-8-9-19(20(11-15)27-2)30-14-21(25)28-3/h5-12H,4,14H2,1-3H3,(H,24,26)/b16-10+. The van der Waals surface area contributed by atoms with E-state index in [-0.39, 0.29) is 12.2 Å². The molecule has 8 nitrogen and oxygen atoms in total. The van der Waals surface area contributed by atoms with Crippen LogP contribution in [0.25, 0.3) is 6.08 Å². The molecular weight excluding hydrogens is 388 g/mol. The van der Waals surface area contributed by atoms with Gasteiger partial charge in [0.2, 0.25) is 0 Å². The van der Waals surface area contributed by atoms with Gasteiger partial charge in [0, 0.05) is 11.8 Å². The van der Waals surface area contributed by atoms with Gasteiger partial charge in [-0.3, -0.25) is 4.79 Å². The number of hydrogen-bond donors (Lipinski definition) is 1. The van der Waals surface area contributed by atoms with Gasteiger partial charge in [-0.05, 0) is 42.8 Å². The first kappa shape index (κ1) is 22.3. The molecule has 0 unspecified atom stereocenters. The maximum absolute atomic E-state index is 12.5. The second-order valence-corrected chi connectivity index (χ2v) is 5.86. The molecular formula is C22H22N2O6. The van der Waals surface area contributed by atoms with Crippen LogP contribution in [0.2, 0.25) is 0 Å². The van der Waals surface area contributed by atoms with Crippen LogP contribution in [0.15, 0.2) is 48.0 Å². The highest BCUT2D eigenvalue weighted by molar-refractivity contribution is 6.09. The molecule has 156 valence electrons. The number of nitrogens with one attached hydrogen (secondary N) is 1. The van der Waals surface area contributed by atoms with Crippen molar-refractivity contribution in [3.8, 4) is 23.3 Å². The second-order valence-electron chi connectivity index (χ2n) is 5.86. The number of esters is 1. The Morgan fingerprint density at radius 2 is 1.90 bits per heavy atom. The number of nitrogens with zero attached hydrogens (tertiary/aromatic N) is 1. The number of hydrogen-bond acceptors (Lipinski definition) is 7. The lowest BCUT2D eigenvalue weighted by Crippen LogP contribution is -2.13. The highest BCUT2D eigenvalue weighted by Crippen LogP contribution is 2.29. The monoisotopic (exact) mass is 410 g/mol. The van der Waals surface area contributed by atoms with Crippen molar-refractivity contribution in [1.82, 2.24) is 0 Å². The normalized spacial score (nSPS) is 10.5. The molecule has 0 atom stereocenters. The topological polar surface area (TPSA) is 107 Å². The predicted octanol–water partition coefficient (Wildman–Crippen LogP) is 3.19. The summed E-state index contributed by atoms with van der Waals surface area (Å²) in [6, 6.07) is 13.6. The van der Waals surface area contributed by atoms with E-state index in [1.807, 2.05) is 13.0 Å². The Morgan fingerprint density at radius 1 is 1.10 bits per heavy atom. The number of rotatable bonds is 9. The lowest BCUT2D eigenvalue weighted by atomic mass is 10.1. The molecule has 0 heterocycles. The molecule has 0 saturated heterocycles. The van der Waals surface area contributed by atoms with Crippen LogP contribution in [-0.4, -0.2) is 39.3 Å². The van der Waals surface area contributed by atoms with Gasteiger partial charge in [-0.1, -0.05) is 12.1 Å². The molecule has 0 aliphatic carbocycles. The molecule has 1 N–H and O–H groups in total. The maximum atomic E-state index is 12.5. The van der Waals surface area contributed by atoms with Gasteiger partial charge in [-0.25, -0.2) is 4.79 Å². The van der Waals surface area contributed by atoms with Crippen LogP contribution in [0.4, 0.5) is 5.69 Å². The number of amides is 1. The second kappa shape index (κ2) is 11.1. The van der Waals surface area contributed by atoms with E-state index in [1.165, 1.54) is 20.3 Å². The Bertz CT molecular complexity index is 978. The van der Waals surface area contributed by atoms with Crippen molar-refractivity contribution in [1.29, 1.82) is 5.26 Å². The van der Waals surface area contributed by atoms with Crippen LogP contribution >= 0.6 is 0 Å². The van der Waals surface area contributed by atoms with Crippen LogP contribution < -0.4 is 19.5 Å². The van der Waals surface area contributed by atoms with Crippen molar-refractivity contribution in [2.24, 2.45) is 0 Å². The number of methoxy groups -OCH3 is 2. The molecule has 0 radical (unpaired) electrons. The Hall–Kier alpha value is -3.99. The molecule has 2 rings (SSSR count). The third kappa shape index (κ3) is 6.27. The van der Waals surface area contributed by atoms with Gasteiger partial charge in [0.1, 0.15) is 17.4 Å². The van der Waals surface area contributed by atoms with Crippen molar-refractivity contribution in [3.63, 3.8) is 0 Å². The Morgan fingerprint density at radius 3 is 2.57 bits per heavy atom. The first-order chi connectivity index (χ1) is 14.5. The molecule has 2 aromatic carbocycles. The average Bonchev–Trinajstić information content (AvgIpc) is 2.76. The zero-order chi connectivity index (χ0) is 21.9. The fourth-order valence-corrected chi connectivity index (χ4v) is 2.43. The van der Waals surface area contributed by atoms with Gasteiger partial charge in [-0.15, -0.1) is 0 Å². The fourth-order valence-electron chi connectivity index (χ4n) is 2.43. The lowest BCUT2D eigenvalue weighted by molar-refractivity contribution is -0.142. The van der Waals surface area contributed by atoms with Gasteiger partial charge in [0.05, 0.1) is 20.8 Å². The number of carbonyl (C=O) groups excluding carboxylic acids is 2. The molecule has 0 fully saturated rings. The third-order valence-corrected chi connectivity index (χ3v) is 3.84. The van der Waals surface area contributed by atoms with Crippen LogP contribution in [0, 0.1) is 11.3 Å². The van der Waals surface area contributed by atoms with Gasteiger partial charge in [0.25, 0.3) is 5.91 Å². The molecule has 2 aromatic rings. The molecule has 1 amide bonds. The van der Waals surface area contributed by atoms with Crippen molar-refractivity contribution in [2.75, 3.05) is 32.8 Å². The SMILES string of the molecule is CCOc1cccc(NC(=O)/C(C#N)=C/c2ccc(OCC(=O)OC)c(OC)c2)c1. The smallest absolute Gasteiger partial charge is 0.343 e. The Balaban J connectivity index is 2.18. The molecule has 8 heteroatoms. The first-order valence-corrected chi connectivity index (χ1v) is 9.04. The summed E-state index contributed by atoms with van der Waals surface area (Å²) in [7, 11) is 2.70. The number of benzene rings is 2. The van der Waals surface area contributed by atoms with Crippen molar-refractivity contribution in [3.05, 3.63) is 53.6 Å². The van der Waals surface area contributed by atoms with Crippen LogP contribution in [0.5, 0.6) is 17.2 Å². The van der Waals surface area contributed by atoms with Crippen LogP contribution in [-0.2, 0) is 14.3 Å². The summed E-state index contributed by atoms with van der Waals surface area (Å²) in [4.78, 5) is 23.7. The van der Waals surface area contributed by atoms with E-state index in [9.17, 15) is 14.9 Å². The number of ether oxygens (including phenoxy) is 4. The summed E-state index contributed by atoms with van der Waals surface area (Å²) in [6.07, 6.45) is 1.42. The summed E-state index contributed by atoms with van der Waals surface area (Å²) in [5.41, 5.74) is 0.963. The molecule has 0 bridgehead atoms. The van der Waals surface area contributed by atoms with Gasteiger partial charge < -0.3 is 24.3 Å². The van der Waals surface area contributed by atoms with E-state index in [0.29, 0.717) is 35.1 Å². The van der Waals surface area contributed by atoms with Crippen molar-refractivity contribution < 1.29 is 28.5 Å². The maximum Gasteiger partial charge on any atom is 0.343 e. The molecule has 0 spiro atoms. The minimum Gasteiger partial charge on any atom is -0.494 e. The average molecular weight is 410 g/mol. The third-order valence-electron chi connectivity index (χ3n) is 3.84. The summed E-state index contributed by atoms with van der Waals surface area (Å²) >= 11 is 0. The van der Waals surface area contributed by atoms with Crippen molar-refractivity contribution >= 4 is 23.6 Å². The van der Waals surface area contributed by atoms with Crippen LogP contribution in [0.1, 0.15) is 12.5 Å². The summed E-state index contributed by atoms with van der Waals surface area (Å²) in [5, 5.41) is 12.1. The molecule has 30 heavy (non-hydrogen) atoms. The van der Waals surface area contributed by atoms with E-state index >= 15 is 0 Å². The zero-order valence-electron chi connectivity index (χ0n) is 16.9. The van der Waals surface area contributed by atoms with E-state index in [0.717, 1.165) is 0 Å². The number of anilines is 1. The number of nitriles is 1. The molecule has 0 aliphatic heterocycles. The first-order valence-electron chi connectivity index (χ1n) is 9.04. The van der Waals surface area contributed by atoms with Gasteiger partial charge >= 0.3 is 5.97 Å². The van der Waals surface area contributed by atoms with Crippen molar-refractivity contribution in [2.45, 2.75) is 6.92 Å². The largest absolute Gasteiger partial charge is 0.494 e. The van der Waals surface area contributed by atoms with E-state index < -0.39 is 11.9 Å². The summed E-state index contributed by atoms with van der Waals surface area (Å²) in [5.74, 6) is 0.199. The fraction of sp³-hybridized carbons (Fsp3) is 0.227. The number of carbonyl (C=O) groups is 2. The Kier molecular flexibility index (Phi) is 8.27. The molecule has 0 aliphatic rings. The quantitative estimate of drug-likeness (QED) is 0.384. The summed E-state index contributed by atoms with van der Waals surface area (Å²) < 4.78 is 20.5. The van der Waals surface area contributed by atoms with Crippen LogP contribution in [0.3, 0.4) is 0 Å². The minimum absolute atomic E-state index is 0.0953. The molecule has 0 saturated carbocycles. The van der Waals surface area contributed by atoms with E-state index in [2.05, 4.69) is 10.1 Å². The zero-order valence-corrected chi connectivity index (χ0v) is 16.9.